The molecule has 0 bridgehead atoms. The highest BCUT2D eigenvalue weighted by Crippen LogP contribution is 2.12. The average molecular weight is 294 g/mol. The number of ketones is 1. The Labute approximate surface area is 123 Å². The average Bonchev–Trinajstić information content (AvgIpc) is 2.45. The lowest BCUT2D eigenvalue weighted by atomic mass is 10.0. The minimum Gasteiger partial charge on any atom is -0.468 e. The van der Waals surface area contributed by atoms with Gasteiger partial charge in [0.1, 0.15) is 0 Å². The molecule has 1 aromatic carbocycles. The van der Waals surface area contributed by atoms with Crippen molar-refractivity contribution >= 4 is 35.6 Å². The smallest absolute Gasteiger partial charge is 0.322 e. The van der Waals surface area contributed by atoms with E-state index < -0.39 is 11.9 Å². The third-order valence-corrected chi connectivity index (χ3v) is 2.72. The largest absolute Gasteiger partial charge is 0.468 e. The van der Waals surface area contributed by atoms with E-state index in [9.17, 15) is 9.59 Å². The fourth-order valence-corrected chi connectivity index (χ4v) is 1.68. The van der Waals surface area contributed by atoms with Crippen LogP contribution < -0.4 is 0 Å². The van der Waals surface area contributed by atoms with Crippen LogP contribution >= 0.6 is 11.6 Å². The Hall–Kier alpha value is -1.94. The van der Waals surface area contributed by atoms with Gasteiger partial charge in [-0.05, 0) is 30.7 Å². The van der Waals surface area contributed by atoms with Crippen LogP contribution in [0.3, 0.4) is 0 Å². The number of hydrogen-bond donors (Lipinski definition) is 0. The van der Waals surface area contributed by atoms with Crippen molar-refractivity contribution in [1.29, 1.82) is 0 Å². The van der Waals surface area contributed by atoms with Gasteiger partial charge in [0.15, 0.2) is 11.7 Å². The summed E-state index contributed by atoms with van der Waals surface area (Å²) in [6.45, 7) is 2.32. The van der Waals surface area contributed by atoms with Crippen molar-refractivity contribution < 1.29 is 14.3 Å². The predicted octanol–water partition coefficient (Wildman–Crippen LogP) is 2.80. The van der Waals surface area contributed by atoms with E-state index >= 15 is 0 Å². The number of esters is 1. The third-order valence-electron chi connectivity index (χ3n) is 2.49. The lowest BCUT2D eigenvalue weighted by Crippen LogP contribution is -2.25. The van der Waals surface area contributed by atoms with E-state index in [1.807, 2.05) is 13.0 Å². The van der Waals surface area contributed by atoms with Crippen LogP contribution in [-0.4, -0.2) is 31.6 Å². The van der Waals surface area contributed by atoms with Gasteiger partial charge in [0.25, 0.3) is 0 Å². The summed E-state index contributed by atoms with van der Waals surface area (Å²) in [6.07, 6.45) is 4.25. The Morgan fingerprint density at radius 3 is 2.80 bits per heavy atom. The summed E-state index contributed by atoms with van der Waals surface area (Å²) in [5.41, 5.74) is 0.780. The molecule has 20 heavy (non-hydrogen) atoms. The van der Waals surface area contributed by atoms with Gasteiger partial charge in [-0.3, -0.25) is 14.6 Å². The molecule has 1 unspecified atom stereocenters. The van der Waals surface area contributed by atoms with Crippen molar-refractivity contribution in [2.24, 2.45) is 10.9 Å². The van der Waals surface area contributed by atoms with Crippen LogP contribution in [0.1, 0.15) is 12.5 Å². The van der Waals surface area contributed by atoms with Gasteiger partial charge in [-0.2, -0.15) is 0 Å². The molecule has 0 aliphatic heterocycles. The molecule has 0 aliphatic rings. The number of allylic oxidation sites excluding steroid dienone is 1. The Morgan fingerprint density at radius 2 is 2.20 bits per heavy atom. The summed E-state index contributed by atoms with van der Waals surface area (Å²) in [5, 5.41) is 0.580. The summed E-state index contributed by atoms with van der Waals surface area (Å²) < 4.78 is 4.60. The molecule has 0 heterocycles. The number of rotatable bonds is 6. The number of ether oxygens (including phenoxy) is 1. The SMILES string of the molecule is CCN=CC(C(=O)C=Cc1cccc(Cl)c1)C(=O)OC. The van der Waals surface area contributed by atoms with E-state index in [4.69, 9.17) is 11.6 Å². The van der Waals surface area contributed by atoms with Gasteiger partial charge in [0.05, 0.1) is 7.11 Å². The Bertz CT molecular complexity index is 538. The molecule has 1 rings (SSSR count). The Kier molecular flexibility index (Phi) is 6.67. The lowest BCUT2D eigenvalue weighted by Gasteiger charge is -2.05. The Balaban J connectivity index is 2.85. The molecule has 0 aliphatic carbocycles. The van der Waals surface area contributed by atoms with Crippen LogP contribution in [0, 0.1) is 5.92 Å². The highest BCUT2D eigenvalue weighted by Gasteiger charge is 2.23. The third kappa shape index (κ3) is 4.97. The minimum atomic E-state index is -1.00. The molecule has 5 heteroatoms. The summed E-state index contributed by atoms with van der Waals surface area (Å²) in [4.78, 5) is 27.5. The van der Waals surface area contributed by atoms with Crippen LogP contribution in [0.5, 0.6) is 0 Å². The van der Waals surface area contributed by atoms with Crippen molar-refractivity contribution in [3.63, 3.8) is 0 Å². The molecule has 0 aromatic heterocycles. The van der Waals surface area contributed by atoms with Gasteiger partial charge in [-0.15, -0.1) is 0 Å². The maximum absolute atomic E-state index is 12.0. The van der Waals surface area contributed by atoms with Crippen LogP contribution in [-0.2, 0) is 14.3 Å². The van der Waals surface area contributed by atoms with E-state index in [0.29, 0.717) is 11.6 Å². The van der Waals surface area contributed by atoms with Crippen molar-refractivity contribution in [3.8, 4) is 0 Å². The second-order valence-corrected chi connectivity index (χ2v) is 4.38. The van der Waals surface area contributed by atoms with Crippen molar-refractivity contribution in [3.05, 3.63) is 40.9 Å². The number of methoxy groups -OCH3 is 1. The zero-order valence-corrected chi connectivity index (χ0v) is 12.1. The first kappa shape index (κ1) is 16.1. The molecule has 0 saturated heterocycles. The van der Waals surface area contributed by atoms with Crippen molar-refractivity contribution in [2.75, 3.05) is 13.7 Å². The standard InChI is InChI=1S/C15H16ClNO3/c1-3-17-10-13(15(19)20-2)14(18)8-7-11-5-4-6-12(16)9-11/h4-10,13H,3H2,1-2H3. The van der Waals surface area contributed by atoms with Crippen molar-refractivity contribution in [2.45, 2.75) is 6.92 Å². The van der Waals surface area contributed by atoms with Crippen LogP contribution in [0.15, 0.2) is 35.3 Å². The van der Waals surface area contributed by atoms with Gasteiger partial charge in [0.2, 0.25) is 0 Å². The molecule has 0 N–H and O–H groups in total. The second-order valence-electron chi connectivity index (χ2n) is 3.94. The lowest BCUT2D eigenvalue weighted by molar-refractivity contribution is -0.145. The summed E-state index contributed by atoms with van der Waals surface area (Å²) >= 11 is 5.85. The van der Waals surface area contributed by atoms with Crippen LogP contribution in [0.25, 0.3) is 6.08 Å². The van der Waals surface area contributed by atoms with Gasteiger partial charge < -0.3 is 4.74 Å². The number of carbonyl (C=O) groups excluding carboxylic acids is 2. The molecular formula is C15H16ClNO3. The van der Waals surface area contributed by atoms with Crippen LogP contribution in [0.2, 0.25) is 5.02 Å². The molecule has 0 spiro atoms. The molecule has 0 fully saturated rings. The summed E-state index contributed by atoms with van der Waals surface area (Å²) in [6, 6.07) is 7.05. The second kappa shape index (κ2) is 8.27. The zero-order valence-electron chi connectivity index (χ0n) is 11.4. The number of halogens is 1. The highest BCUT2D eigenvalue weighted by atomic mass is 35.5. The molecule has 106 valence electrons. The molecule has 0 amide bonds. The topological polar surface area (TPSA) is 55.7 Å². The highest BCUT2D eigenvalue weighted by molar-refractivity contribution is 6.30. The maximum atomic E-state index is 12.0. The summed E-state index contributed by atoms with van der Waals surface area (Å²) in [7, 11) is 1.24. The predicted molar refractivity (Wildman–Crippen MR) is 80.0 cm³/mol. The first-order valence-electron chi connectivity index (χ1n) is 6.13. The molecule has 0 saturated carbocycles. The fraction of sp³-hybridized carbons (Fsp3) is 0.267. The maximum Gasteiger partial charge on any atom is 0.322 e. The number of nitrogens with zero attached hydrogens (tertiary/aromatic N) is 1. The number of aliphatic imine (C=N–C) groups is 1. The number of carbonyl (C=O) groups is 2. The van der Waals surface area contributed by atoms with Gasteiger partial charge >= 0.3 is 5.97 Å². The molecule has 1 atom stereocenters. The van der Waals surface area contributed by atoms with E-state index in [1.165, 1.54) is 19.4 Å². The van der Waals surface area contributed by atoms with Gasteiger partial charge in [-0.1, -0.05) is 29.8 Å². The van der Waals surface area contributed by atoms with E-state index in [1.54, 1.807) is 24.3 Å². The van der Waals surface area contributed by atoms with Gasteiger partial charge in [-0.25, -0.2) is 0 Å². The van der Waals surface area contributed by atoms with E-state index in [-0.39, 0.29) is 5.78 Å². The van der Waals surface area contributed by atoms with Gasteiger partial charge in [0, 0.05) is 17.8 Å². The normalized spacial score (nSPS) is 12.8. The fourth-order valence-electron chi connectivity index (χ4n) is 1.48. The first-order chi connectivity index (χ1) is 9.58. The van der Waals surface area contributed by atoms with E-state index in [2.05, 4.69) is 9.73 Å². The van der Waals surface area contributed by atoms with Crippen molar-refractivity contribution in [1.82, 2.24) is 0 Å². The molecule has 0 radical (unpaired) electrons. The molecule has 1 aromatic rings. The molecule has 4 nitrogen and oxygen atoms in total. The minimum absolute atomic E-state index is 0.381. The zero-order chi connectivity index (χ0) is 15.0. The Morgan fingerprint density at radius 1 is 1.45 bits per heavy atom. The monoisotopic (exact) mass is 293 g/mol. The number of benzene rings is 1. The first-order valence-corrected chi connectivity index (χ1v) is 6.51. The number of hydrogen-bond acceptors (Lipinski definition) is 4. The molecular weight excluding hydrogens is 278 g/mol. The quantitative estimate of drug-likeness (QED) is 0.351. The van der Waals surface area contributed by atoms with Crippen LogP contribution in [0.4, 0.5) is 0 Å². The summed E-state index contributed by atoms with van der Waals surface area (Å²) in [5.74, 6) is -2.01. The van der Waals surface area contributed by atoms with E-state index in [0.717, 1.165) is 5.56 Å².